The molecular weight excluding hydrogens is 318 g/mol. The minimum Gasteiger partial charge on any atom is -0.465 e. The van der Waals surface area contributed by atoms with Crippen molar-refractivity contribution in [3.8, 4) is 6.07 Å². The number of benzene rings is 2. The molecule has 2 rings (SSSR count). The molecule has 6 nitrogen and oxygen atoms in total. The average Bonchev–Trinajstić information content (AvgIpc) is 2.62. The number of nitrogens with one attached hydrogen (secondary N) is 2. The summed E-state index contributed by atoms with van der Waals surface area (Å²) in [5, 5.41) is 33.7. The van der Waals surface area contributed by atoms with Crippen LogP contribution in [0.15, 0.2) is 54.6 Å². The predicted octanol–water partition coefficient (Wildman–Crippen LogP) is 1.89. The van der Waals surface area contributed by atoms with Gasteiger partial charge in [-0.15, -0.1) is 0 Å². The highest BCUT2D eigenvalue weighted by molar-refractivity contribution is 5.65. The van der Waals surface area contributed by atoms with Crippen LogP contribution in [-0.2, 0) is 13.0 Å². The van der Waals surface area contributed by atoms with E-state index < -0.39 is 18.2 Å². The fraction of sp³-hybridized carbons (Fsp3) is 0.263. The molecule has 0 bridgehead atoms. The Balaban J connectivity index is 1.91. The van der Waals surface area contributed by atoms with Crippen LogP contribution in [0.25, 0.3) is 0 Å². The lowest BCUT2D eigenvalue weighted by molar-refractivity contribution is 0.117. The summed E-state index contributed by atoms with van der Waals surface area (Å²) in [6.07, 6.45) is -1.64. The topological polar surface area (TPSA) is 105 Å². The number of hydrogen-bond acceptors (Lipinski definition) is 4. The van der Waals surface area contributed by atoms with Crippen LogP contribution in [-0.4, -0.2) is 35.0 Å². The van der Waals surface area contributed by atoms with Crippen molar-refractivity contribution in [2.24, 2.45) is 0 Å². The van der Waals surface area contributed by atoms with Crippen molar-refractivity contribution in [3.05, 3.63) is 71.3 Å². The number of nitrogens with zero attached hydrogens (tertiary/aromatic N) is 1. The second-order valence-electron chi connectivity index (χ2n) is 5.76. The molecule has 1 amide bonds. The van der Waals surface area contributed by atoms with Crippen molar-refractivity contribution in [2.75, 3.05) is 6.54 Å². The molecular formula is C19H21N3O3. The zero-order valence-corrected chi connectivity index (χ0v) is 13.7. The van der Waals surface area contributed by atoms with Gasteiger partial charge in [-0.1, -0.05) is 42.5 Å². The largest absolute Gasteiger partial charge is 0.465 e. The summed E-state index contributed by atoms with van der Waals surface area (Å²) in [5.41, 5.74) is 2.45. The van der Waals surface area contributed by atoms with Crippen molar-refractivity contribution in [1.82, 2.24) is 10.6 Å². The molecule has 0 aliphatic rings. The molecule has 2 aromatic rings. The van der Waals surface area contributed by atoms with Gasteiger partial charge in [-0.3, -0.25) is 0 Å². The molecule has 0 heterocycles. The summed E-state index contributed by atoms with van der Waals surface area (Å²) >= 11 is 0. The van der Waals surface area contributed by atoms with Crippen LogP contribution in [0.1, 0.15) is 16.7 Å². The summed E-state index contributed by atoms with van der Waals surface area (Å²) in [5.74, 6) is 0. The number of carboxylic acid groups (broad SMARTS) is 1. The number of rotatable bonds is 8. The third-order valence-electron chi connectivity index (χ3n) is 3.81. The zero-order chi connectivity index (χ0) is 18.1. The molecule has 6 heteroatoms. The van der Waals surface area contributed by atoms with Gasteiger partial charge in [0.05, 0.1) is 23.8 Å². The molecule has 130 valence electrons. The highest BCUT2D eigenvalue weighted by Crippen LogP contribution is 2.07. The first-order valence-electron chi connectivity index (χ1n) is 7.99. The second-order valence-corrected chi connectivity index (χ2v) is 5.76. The number of nitriles is 1. The highest BCUT2D eigenvalue weighted by atomic mass is 16.4. The van der Waals surface area contributed by atoms with Crippen LogP contribution < -0.4 is 10.6 Å². The molecule has 0 fully saturated rings. The second kappa shape index (κ2) is 9.42. The molecule has 0 saturated heterocycles. The van der Waals surface area contributed by atoms with Gasteiger partial charge in [0.15, 0.2) is 0 Å². The van der Waals surface area contributed by atoms with Crippen molar-refractivity contribution in [1.29, 1.82) is 5.26 Å². The third-order valence-corrected chi connectivity index (χ3v) is 3.81. The monoisotopic (exact) mass is 339 g/mol. The molecule has 25 heavy (non-hydrogen) atoms. The van der Waals surface area contributed by atoms with E-state index in [4.69, 9.17) is 10.4 Å². The van der Waals surface area contributed by atoms with Crippen LogP contribution in [0.3, 0.4) is 0 Å². The van der Waals surface area contributed by atoms with E-state index in [1.54, 1.807) is 18.2 Å². The lowest BCUT2D eigenvalue weighted by Gasteiger charge is -2.23. The van der Waals surface area contributed by atoms with Crippen LogP contribution in [0.5, 0.6) is 0 Å². The zero-order valence-electron chi connectivity index (χ0n) is 13.7. The van der Waals surface area contributed by atoms with Gasteiger partial charge in [0.1, 0.15) is 0 Å². The van der Waals surface area contributed by atoms with Crippen molar-refractivity contribution in [2.45, 2.75) is 25.1 Å². The predicted molar refractivity (Wildman–Crippen MR) is 94.0 cm³/mol. The Morgan fingerprint density at radius 2 is 1.84 bits per heavy atom. The normalized spacial score (nSPS) is 12.8. The van der Waals surface area contributed by atoms with E-state index in [1.165, 1.54) is 0 Å². The standard InChI is InChI=1S/C19H21N3O3/c20-11-15-7-4-8-16(9-15)12-21-13-18(23)17(22-19(24)25)10-14-5-2-1-3-6-14/h1-9,17-18,21-23H,10,12-13H2,(H,24,25)/t17?,18-/m1/s1. The minimum atomic E-state index is -1.17. The van der Waals surface area contributed by atoms with Crippen molar-refractivity contribution >= 4 is 6.09 Å². The first-order chi connectivity index (χ1) is 12.1. The molecule has 2 atom stereocenters. The van der Waals surface area contributed by atoms with E-state index in [0.29, 0.717) is 18.5 Å². The molecule has 0 radical (unpaired) electrons. The molecule has 1 unspecified atom stereocenters. The third kappa shape index (κ3) is 6.26. The first kappa shape index (κ1) is 18.5. The number of amides is 1. The average molecular weight is 339 g/mol. The van der Waals surface area contributed by atoms with E-state index in [9.17, 15) is 9.90 Å². The van der Waals surface area contributed by atoms with Gasteiger partial charge in [0.2, 0.25) is 0 Å². The fourth-order valence-electron chi connectivity index (χ4n) is 2.57. The van der Waals surface area contributed by atoms with Crippen LogP contribution in [0, 0.1) is 11.3 Å². The fourth-order valence-corrected chi connectivity index (χ4v) is 2.57. The Hall–Kier alpha value is -2.88. The van der Waals surface area contributed by atoms with E-state index in [1.807, 2.05) is 36.4 Å². The van der Waals surface area contributed by atoms with E-state index >= 15 is 0 Å². The minimum absolute atomic E-state index is 0.231. The van der Waals surface area contributed by atoms with Gasteiger partial charge >= 0.3 is 6.09 Å². The van der Waals surface area contributed by atoms with Crippen LogP contribution in [0.4, 0.5) is 4.79 Å². The lowest BCUT2D eigenvalue weighted by atomic mass is 10.0. The maximum Gasteiger partial charge on any atom is 0.404 e. The number of aliphatic hydroxyl groups is 1. The molecule has 0 aliphatic carbocycles. The molecule has 0 spiro atoms. The molecule has 4 N–H and O–H groups in total. The van der Waals surface area contributed by atoms with E-state index in [-0.39, 0.29) is 6.54 Å². The Labute approximate surface area is 146 Å². The first-order valence-corrected chi connectivity index (χ1v) is 7.99. The number of hydrogen-bond donors (Lipinski definition) is 4. The summed E-state index contributed by atoms with van der Waals surface area (Å²) < 4.78 is 0. The SMILES string of the molecule is N#Cc1cccc(CNC[C@@H](O)C(Cc2ccccc2)NC(=O)O)c1. The van der Waals surface area contributed by atoms with Crippen LogP contribution in [0.2, 0.25) is 0 Å². The Bertz CT molecular complexity index is 728. The lowest BCUT2D eigenvalue weighted by Crippen LogP contribution is -2.48. The van der Waals surface area contributed by atoms with Gasteiger partial charge in [-0.2, -0.15) is 5.26 Å². The van der Waals surface area contributed by atoms with Gasteiger partial charge in [-0.25, -0.2) is 4.79 Å². The highest BCUT2D eigenvalue weighted by Gasteiger charge is 2.21. The van der Waals surface area contributed by atoms with E-state index in [0.717, 1.165) is 11.1 Å². The van der Waals surface area contributed by atoms with Gasteiger partial charge in [0.25, 0.3) is 0 Å². The van der Waals surface area contributed by atoms with Gasteiger partial charge in [-0.05, 0) is 29.7 Å². The summed E-state index contributed by atoms with van der Waals surface area (Å²) in [6.45, 7) is 0.715. The van der Waals surface area contributed by atoms with Crippen LogP contribution >= 0.6 is 0 Å². The number of carbonyl (C=O) groups is 1. The maximum absolute atomic E-state index is 11.0. The summed E-state index contributed by atoms with van der Waals surface area (Å²) in [4.78, 5) is 11.0. The van der Waals surface area contributed by atoms with Gasteiger partial charge in [0, 0.05) is 13.1 Å². The smallest absolute Gasteiger partial charge is 0.404 e. The Morgan fingerprint density at radius 3 is 2.52 bits per heavy atom. The molecule has 0 saturated carbocycles. The van der Waals surface area contributed by atoms with Gasteiger partial charge < -0.3 is 20.8 Å². The molecule has 0 aromatic heterocycles. The number of aliphatic hydroxyl groups excluding tert-OH is 1. The Morgan fingerprint density at radius 1 is 1.12 bits per heavy atom. The van der Waals surface area contributed by atoms with Crippen molar-refractivity contribution < 1.29 is 15.0 Å². The summed E-state index contributed by atoms with van der Waals surface area (Å²) in [7, 11) is 0. The molecule has 2 aromatic carbocycles. The summed E-state index contributed by atoms with van der Waals surface area (Å²) in [6, 6.07) is 18.1. The maximum atomic E-state index is 11.0. The Kier molecular flexibility index (Phi) is 6.96. The van der Waals surface area contributed by atoms with Crippen molar-refractivity contribution in [3.63, 3.8) is 0 Å². The molecule has 0 aliphatic heterocycles. The quantitative estimate of drug-likeness (QED) is 0.588. The van der Waals surface area contributed by atoms with E-state index in [2.05, 4.69) is 16.7 Å².